The fourth-order valence-corrected chi connectivity index (χ4v) is 2.18. The van der Waals surface area contributed by atoms with Gasteiger partial charge in [0.25, 0.3) is 0 Å². The lowest BCUT2D eigenvalue weighted by Gasteiger charge is -2.11. The van der Waals surface area contributed by atoms with Crippen molar-refractivity contribution in [2.24, 2.45) is 0 Å². The third-order valence-electron chi connectivity index (χ3n) is 3.12. The largest absolute Gasteiger partial charge is 0.488 e. The Bertz CT molecular complexity index is 697. The molecule has 1 aromatic carbocycles. The molecule has 5 nitrogen and oxygen atoms in total. The molecule has 0 aliphatic heterocycles. The minimum atomic E-state index is -1.03. The third kappa shape index (κ3) is 2.42. The fourth-order valence-electron chi connectivity index (χ4n) is 1.96. The second-order valence-corrected chi connectivity index (χ2v) is 5.15. The maximum absolute atomic E-state index is 11.2. The van der Waals surface area contributed by atoms with E-state index in [9.17, 15) is 9.90 Å². The molecule has 0 saturated heterocycles. The molecule has 1 aliphatic rings. The maximum atomic E-state index is 11.2. The molecule has 0 amide bonds. The Morgan fingerprint density at radius 3 is 2.75 bits per heavy atom. The number of hydrogen-bond donors (Lipinski definition) is 2. The van der Waals surface area contributed by atoms with Crippen LogP contribution < -0.4 is 4.74 Å². The van der Waals surface area contributed by atoms with Crippen LogP contribution in [0.15, 0.2) is 18.2 Å². The van der Waals surface area contributed by atoms with Crippen molar-refractivity contribution in [3.63, 3.8) is 0 Å². The molecule has 2 N–H and O–H groups in total. The molecule has 0 radical (unpaired) electrons. The molecule has 20 heavy (non-hydrogen) atoms. The molecule has 1 heterocycles. The average Bonchev–Trinajstić information content (AvgIpc) is 3.21. The molecule has 3 rings (SSSR count). The molecular formula is C14H12ClNO4. The Balaban J connectivity index is 2.21. The summed E-state index contributed by atoms with van der Waals surface area (Å²) >= 11 is 5.99. The summed E-state index contributed by atoms with van der Waals surface area (Å²) < 4.78 is 5.72. The molecule has 0 bridgehead atoms. The number of benzene rings is 1. The number of fused-ring (bicyclic) bond motifs is 1. The number of carboxylic acids is 1. The van der Waals surface area contributed by atoms with E-state index in [-0.39, 0.29) is 18.3 Å². The van der Waals surface area contributed by atoms with Crippen LogP contribution in [0.3, 0.4) is 0 Å². The van der Waals surface area contributed by atoms with Crippen LogP contribution in [-0.2, 0) is 6.61 Å². The molecule has 1 aromatic heterocycles. The number of aliphatic hydroxyl groups excluding tert-OH is 1. The predicted molar refractivity (Wildman–Crippen MR) is 73.3 cm³/mol. The van der Waals surface area contributed by atoms with Crippen molar-refractivity contribution >= 4 is 28.5 Å². The Labute approximate surface area is 119 Å². The van der Waals surface area contributed by atoms with Crippen LogP contribution in [0.25, 0.3) is 10.9 Å². The van der Waals surface area contributed by atoms with Gasteiger partial charge in [0.15, 0.2) is 0 Å². The summed E-state index contributed by atoms with van der Waals surface area (Å²) in [5.74, 6) is -0.608. The van der Waals surface area contributed by atoms with E-state index in [1.165, 1.54) is 12.1 Å². The number of pyridine rings is 1. The molecule has 1 aliphatic carbocycles. The molecule has 104 valence electrons. The number of hydrogen-bond acceptors (Lipinski definition) is 4. The van der Waals surface area contributed by atoms with Crippen LogP contribution in [-0.4, -0.2) is 27.3 Å². The molecular weight excluding hydrogens is 282 g/mol. The van der Waals surface area contributed by atoms with Crippen LogP contribution in [0.4, 0.5) is 0 Å². The van der Waals surface area contributed by atoms with Gasteiger partial charge in [-0.05, 0) is 31.0 Å². The molecule has 0 unspecified atom stereocenters. The minimum Gasteiger partial charge on any atom is -0.488 e. The summed E-state index contributed by atoms with van der Waals surface area (Å²) in [6.07, 6.45) is 2.04. The first kappa shape index (κ1) is 13.1. The highest BCUT2D eigenvalue weighted by Crippen LogP contribution is 2.34. The second kappa shape index (κ2) is 4.92. The Hall–Kier alpha value is -1.85. The van der Waals surface area contributed by atoms with Gasteiger partial charge in [-0.1, -0.05) is 11.6 Å². The average molecular weight is 294 g/mol. The van der Waals surface area contributed by atoms with E-state index in [2.05, 4.69) is 4.98 Å². The Morgan fingerprint density at radius 2 is 2.15 bits per heavy atom. The maximum Gasteiger partial charge on any atom is 0.335 e. The molecule has 1 fully saturated rings. The molecule has 6 heteroatoms. The van der Waals surface area contributed by atoms with Crippen LogP contribution in [0.1, 0.15) is 28.9 Å². The summed E-state index contributed by atoms with van der Waals surface area (Å²) in [5.41, 5.74) is 1.00. The molecule has 0 atom stereocenters. The van der Waals surface area contributed by atoms with Crippen LogP contribution >= 0.6 is 11.6 Å². The first-order valence-corrected chi connectivity index (χ1v) is 6.60. The topological polar surface area (TPSA) is 79.7 Å². The number of aromatic nitrogens is 1. The number of halogens is 1. The van der Waals surface area contributed by atoms with E-state index in [0.717, 1.165) is 12.8 Å². The van der Waals surface area contributed by atoms with Crippen LogP contribution in [0.5, 0.6) is 5.75 Å². The monoisotopic (exact) mass is 293 g/mol. The number of carbonyl (C=O) groups is 1. The lowest BCUT2D eigenvalue weighted by atomic mass is 10.1. The zero-order chi connectivity index (χ0) is 14.3. The summed E-state index contributed by atoms with van der Waals surface area (Å²) in [6, 6.07) is 4.56. The van der Waals surface area contributed by atoms with Crippen molar-refractivity contribution in [1.29, 1.82) is 0 Å². The van der Waals surface area contributed by atoms with E-state index < -0.39 is 5.97 Å². The van der Waals surface area contributed by atoms with Gasteiger partial charge in [-0.3, -0.25) is 0 Å². The van der Waals surface area contributed by atoms with Gasteiger partial charge in [-0.15, -0.1) is 0 Å². The number of carboxylic acid groups (broad SMARTS) is 1. The van der Waals surface area contributed by atoms with Crippen molar-refractivity contribution in [3.05, 3.63) is 34.5 Å². The number of rotatable bonds is 4. The molecule has 0 spiro atoms. The highest BCUT2D eigenvalue weighted by Gasteiger charge is 2.25. The first-order chi connectivity index (χ1) is 9.58. The summed E-state index contributed by atoms with van der Waals surface area (Å²) in [7, 11) is 0. The lowest BCUT2D eigenvalue weighted by molar-refractivity contribution is 0.0696. The van der Waals surface area contributed by atoms with E-state index in [4.69, 9.17) is 21.4 Å². The van der Waals surface area contributed by atoms with Gasteiger partial charge in [-0.2, -0.15) is 0 Å². The Kier molecular flexibility index (Phi) is 3.23. The second-order valence-electron chi connectivity index (χ2n) is 4.74. The van der Waals surface area contributed by atoms with Crippen molar-refractivity contribution in [2.45, 2.75) is 25.6 Å². The van der Waals surface area contributed by atoms with Gasteiger partial charge in [0.2, 0.25) is 0 Å². The van der Waals surface area contributed by atoms with Gasteiger partial charge < -0.3 is 14.9 Å². The van der Waals surface area contributed by atoms with Crippen LogP contribution in [0.2, 0.25) is 5.02 Å². The summed E-state index contributed by atoms with van der Waals surface area (Å²) in [4.78, 5) is 15.4. The van der Waals surface area contributed by atoms with Gasteiger partial charge in [0.1, 0.15) is 11.3 Å². The minimum absolute atomic E-state index is 0.122. The molecule has 2 aromatic rings. The standard InChI is InChI=1S/C14H12ClNO4/c15-10-4-7-3-8(14(18)19)5-12(20-9-1-2-9)13(7)16-11(10)6-17/h3-5,9,17H,1-2,6H2,(H,18,19). The quantitative estimate of drug-likeness (QED) is 0.906. The lowest BCUT2D eigenvalue weighted by Crippen LogP contribution is -2.03. The fraction of sp³-hybridized carbons (Fsp3) is 0.286. The summed E-state index contributed by atoms with van der Waals surface area (Å²) in [5, 5.41) is 19.3. The van der Waals surface area contributed by atoms with Crippen molar-refractivity contribution in [1.82, 2.24) is 4.98 Å². The highest BCUT2D eigenvalue weighted by molar-refractivity contribution is 6.31. The SMILES string of the molecule is O=C(O)c1cc(OC2CC2)c2nc(CO)c(Cl)cc2c1. The number of aromatic carboxylic acids is 1. The van der Waals surface area contributed by atoms with E-state index in [0.29, 0.717) is 27.4 Å². The predicted octanol–water partition coefficient (Wildman–Crippen LogP) is 2.62. The zero-order valence-electron chi connectivity index (χ0n) is 10.5. The number of ether oxygens (including phenoxy) is 1. The first-order valence-electron chi connectivity index (χ1n) is 6.22. The number of nitrogens with zero attached hydrogens (tertiary/aromatic N) is 1. The van der Waals surface area contributed by atoms with Gasteiger partial charge >= 0.3 is 5.97 Å². The normalized spacial score (nSPS) is 14.5. The van der Waals surface area contributed by atoms with Crippen molar-refractivity contribution in [2.75, 3.05) is 0 Å². The van der Waals surface area contributed by atoms with E-state index in [1.807, 2.05) is 0 Å². The van der Waals surface area contributed by atoms with Gasteiger partial charge in [0, 0.05) is 5.39 Å². The van der Waals surface area contributed by atoms with Crippen LogP contribution in [0, 0.1) is 0 Å². The Morgan fingerprint density at radius 1 is 1.40 bits per heavy atom. The summed E-state index contributed by atoms with van der Waals surface area (Å²) in [6.45, 7) is -0.279. The zero-order valence-corrected chi connectivity index (χ0v) is 11.2. The van der Waals surface area contributed by atoms with Gasteiger partial charge in [0.05, 0.1) is 29.0 Å². The molecule has 1 saturated carbocycles. The smallest absolute Gasteiger partial charge is 0.335 e. The highest BCUT2D eigenvalue weighted by atomic mass is 35.5. The van der Waals surface area contributed by atoms with Gasteiger partial charge in [-0.25, -0.2) is 9.78 Å². The third-order valence-corrected chi connectivity index (χ3v) is 3.45. The van der Waals surface area contributed by atoms with E-state index in [1.54, 1.807) is 6.07 Å². The van der Waals surface area contributed by atoms with Crippen molar-refractivity contribution in [3.8, 4) is 5.75 Å². The van der Waals surface area contributed by atoms with Crippen molar-refractivity contribution < 1.29 is 19.7 Å². The number of aliphatic hydroxyl groups is 1. The van der Waals surface area contributed by atoms with E-state index >= 15 is 0 Å².